The number of thiophene rings is 2. The number of nitrogens with two attached hydrogens (primary N) is 1. The van der Waals surface area contributed by atoms with Crippen molar-refractivity contribution < 1.29 is 4.79 Å². The highest BCUT2D eigenvalue weighted by Crippen LogP contribution is 2.40. The second-order valence-electron chi connectivity index (χ2n) is 8.22. The highest BCUT2D eigenvalue weighted by molar-refractivity contribution is 7.21. The fourth-order valence-corrected chi connectivity index (χ4v) is 6.22. The van der Waals surface area contributed by atoms with E-state index >= 15 is 0 Å². The molecule has 0 saturated carbocycles. The first kappa shape index (κ1) is 19.9. The number of carbonyl (C=O) groups is 1. The maximum Gasteiger partial charge on any atom is 0.268 e. The van der Waals surface area contributed by atoms with E-state index in [9.17, 15) is 10.1 Å². The number of rotatable bonds is 4. The lowest BCUT2D eigenvalue weighted by Crippen LogP contribution is -2.12. The minimum atomic E-state index is -0.265. The van der Waals surface area contributed by atoms with E-state index in [2.05, 4.69) is 32.2 Å². The molecule has 0 radical (unpaired) electrons. The molecule has 0 bridgehead atoms. The van der Waals surface area contributed by atoms with Crippen molar-refractivity contribution in [3.05, 3.63) is 38.7 Å². The number of carbonyl (C=O) groups excluding carboxylic acids is 1. The Hall–Kier alpha value is -2.43. The van der Waals surface area contributed by atoms with Gasteiger partial charge in [-0.1, -0.05) is 20.8 Å². The number of hydrogen-bond acceptors (Lipinski definition) is 6. The van der Waals surface area contributed by atoms with Crippen molar-refractivity contribution in [2.45, 2.75) is 46.5 Å². The van der Waals surface area contributed by atoms with Crippen LogP contribution in [0.4, 0.5) is 10.7 Å². The topological polar surface area (TPSA) is 91.8 Å². The fourth-order valence-electron chi connectivity index (χ4n) is 3.85. The zero-order valence-corrected chi connectivity index (χ0v) is 18.5. The number of nitrogens with zero attached hydrogens (tertiary/aromatic N) is 2. The SMILES string of the molecule is CC(C)Cc1ccc2c(N)c(C(=O)Nc3sc4c(c3C#N)CCC(C)C4)sc2n1. The molecule has 5 nitrogen and oxygen atoms in total. The molecule has 0 aromatic carbocycles. The molecule has 0 fully saturated rings. The van der Waals surface area contributed by atoms with E-state index in [0.717, 1.165) is 47.2 Å². The average Bonchev–Trinajstić information content (AvgIpc) is 3.17. The maximum absolute atomic E-state index is 13.0. The molecule has 0 saturated heterocycles. The minimum absolute atomic E-state index is 0.265. The lowest BCUT2D eigenvalue weighted by Gasteiger charge is -2.17. The first-order valence-electron chi connectivity index (χ1n) is 9.91. The standard InChI is InChI=1S/C22H24N4OS2/c1-11(2)8-13-5-7-15-18(24)19(29-21(15)25-13)20(27)26-22-16(10-23)14-6-4-12(3)9-17(14)28-22/h5,7,11-12H,4,6,8-9,24H2,1-3H3,(H,26,27). The van der Waals surface area contributed by atoms with Crippen LogP contribution in [0.3, 0.4) is 0 Å². The van der Waals surface area contributed by atoms with Crippen molar-refractivity contribution in [1.82, 2.24) is 4.98 Å². The number of pyridine rings is 1. The molecule has 0 spiro atoms. The molecule has 29 heavy (non-hydrogen) atoms. The summed E-state index contributed by atoms with van der Waals surface area (Å²) in [6.45, 7) is 6.54. The lowest BCUT2D eigenvalue weighted by molar-refractivity contribution is 0.103. The number of nitrogen functional groups attached to an aromatic ring is 1. The van der Waals surface area contributed by atoms with E-state index in [4.69, 9.17) is 10.7 Å². The van der Waals surface area contributed by atoms with Crippen molar-refractivity contribution in [1.29, 1.82) is 5.26 Å². The van der Waals surface area contributed by atoms with Gasteiger partial charge in [0, 0.05) is 16.0 Å². The highest BCUT2D eigenvalue weighted by Gasteiger charge is 2.26. The first-order valence-corrected chi connectivity index (χ1v) is 11.5. The predicted molar refractivity (Wildman–Crippen MR) is 121 cm³/mol. The van der Waals surface area contributed by atoms with E-state index in [1.165, 1.54) is 27.6 Å². The van der Waals surface area contributed by atoms with E-state index in [1.807, 2.05) is 12.1 Å². The van der Waals surface area contributed by atoms with Crippen LogP contribution in [-0.4, -0.2) is 10.9 Å². The summed E-state index contributed by atoms with van der Waals surface area (Å²) in [7, 11) is 0. The number of amides is 1. The molecule has 150 valence electrons. The third-order valence-corrected chi connectivity index (χ3v) is 7.61. The van der Waals surface area contributed by atoms with Gasteiger partial charge in [-0.25, -0.2) is 4.98 Å². The molecule has 3 aromatic heterocycles. The Kier molecular flexibility index (Phi) is 5.32. The molecule has 3 aromatic rings. The molecular weight excluding hydrogens is 400 g/mol. The molecule has 1 aliphatic carbocycles. The van der Waals surface area contributed by atoms with Gasteiger partial charge in [-0.05, 0) is 55.2 Å². The molecule has 3 heterocycles. The van der Waals surface area contributed by atoms with Crippen LogP contribution in [0.5, 0.6) is 0 Å². The summed E-state index contributed by atoms with van der Waals surface area (Å²) in [5.41, 5.74) is 9.46. The summed E-state index contributed by atoms with van der Waals surface area (Å²) in [5.74, 6) is 0.858. The van der Waals surface area contributed by atoms with Crippen LogP contribution in [0.1, 0.15) is 58.6 Å². The molecule has 4 rings (SSSR count). The first-order chi connectivity index (χ1) is 13.9. The van der Waals surface area contributed by atoms with Gasteiger partial charge >= 0.3 is 0 Å². The third kappa shape index (κ3) is 3.75. The van der Waals surface area contributed by atoms with Crippen LogP contribution in [0.2, 0.25) is 0 Å². The van der Waals surface area contributed by atoms with Gasteiger partial charge in [-0.3, -0.25) is 4.79 Å². The van der Waals surface area contributed by atoms with Crippen molar-refractivity contribution in [3.63, 3.8) is 0 Å². The van der Waals surface area contributed by atoms with Gasteiger partial charge < -0.3 is 11.1 Å². The number of fused-ring (bicyclic) bond motifs is 2. The summed E-state index contributed by atoms with van der Waals surface area (Å²) >= 11 is 2.84. The Labute approximate surface area is 178 Å². The molecule has 1 unspecified atom stereocenters. The van der Waals surface area contributed by atoms with Gasteiger partial charge in [0.05, 0.1) is 11.3 Å². The fraction of sp³-hybridized carbons (Fsp3) is 0.409. The monoisotopic (exact) mass is 424 g/mol. The van der Waals surface area contributed by atoms with Crippen LogP contribution < -0.4 is 11.1 Å². The van der Waals surface area contributed by atoms with Crippen LogP contribution in [0.25, 0.3) is 10.2 Å². The van der Waals surface area contributed by atoms with Crippen molar-refractivity contribution in [2.24, 2.45) is 11.8 Å². The smallest absolute Gasteiger partial charge is 0.268 e. The largest absolute Gasteiger partial charge is 0.397 e. The van der Waals surface area contributed by atoms with Crippen molar-refractivity contribution in [3.8, 4) is 6.07 Å². The van der Waals surface area contributed by atoms with Gasteiger partial charge in [-0.15, -0.1) is 22.7 Å². The molecule has 0 aliphatic heterocycles. The Balaban J connectivity index is 1.65. The van der Waals surface area contributed by atoms with E-state index in [0.29, 0.717) is 33.0 Å². The summed E-state index contributed by atoms with van der Waals surface area (Å²) in [5, 5.41) is 14.1. The Morgan fingerprint density at radius 3 is 2.93 bits per heavy atom. The summed E-state index contributed by atoms with van der Waals surface area (Å²) in [6, 6.07) is 6.23. The van der Waals surface area contributed by atoms with Crippen molar-refractivity contribution in [2.75, 3.05) is 11.1 Å². The average molecular weight is 425 g/mol. The molecule has 3 N–H and O–H groups in total. The third-order valence-electron chi connectivity index (χ3n) is 5.33. The number of hydrogen-bond donors (Lipinski definition) is 2. The van der Waals surface area contributed by atoms with Crippen LogP contribution >= 0.6 is 22.7 Å². The Morgan fingerprint density at radius 1 is 1.41 bits per heavy atom. The zero-order chi connectivity index (χ0) is 20.7. The maximum atomic E-state index is 13.0. The number of nitrogens with one attached hydrogen (secondary N) is 1. The Bertz CT molecular complexity index is 1140. The van der Waals surface area contributed by atoms with Gasteiger partial charge in [0.2, 0.25) is 0 Å². The normalized spacial score (nSPS) is 16.0. The predicted octanol–water partition coefficient (Wildman–Crippen LogP) is 5.39. The number of aromatic nitrogens is 1. The second-order valence-corrected chi connectivity index (χ2v) is 10.3. The zero-order valence-electron chi connectivity index (χ0n) is 16.8. The van der Waals surface area contributed by atoms with Crippen LogP contribution in [-0.2, 0) is 19.3 Å². The Morgan fingerprint density at radius 2 is 2.21 bits per heavy atom. The van der Waals surface area contributed by atoms with E-state index < -0.39 is 0 Å². The molecule has 1 aliphatic rings. The summed E-state index contributed by atoms with van der Waals surface area (Å²) in [6.07, 6.45) is 3.84. The van der Waals surface area contributed by atoms with Gasteiger partial charge in [0.25, 0.3) is 5.91 Å². The van der Waals surface area contributed by atoms with Gasteiger partial charge in [0.1, 0.15) is 20.8 Å². The van der Waals surface area contributed by atoms with Crippen LogP contribution in [0.15, 0.2) is 12.1 Å². The summed E-state index contributed by atoms with van der Waals surface area (Å²) < 4.78 is 0. The number of anilines is 2. The minimum Gasteiger partial charge on any atom is -0.397 e. The van der Waals surface area contributed by atoms with E-state index in [-0.39, 0.29) is 5.91 Å². The van der Waals surface area contributed by atoms with Gasteiger partial charge in [-0.2, -0.15) is 5.26 Å². The summed E-state index contributed by atoms with van der Waals surface area (Å²) in [4.78, 5) is 20.2. The second kappa shape index (κ2) is 7.77. The lowest BCUT2D eigenvalue weighted by atomic mass is 9.89. The van der Waals surface area contributed by atoms with E-state index in [1.54, 1.807) is 0 Å². The molecule has 1 amide bonds. The quantitative estimate of drug-likeness (QED) is 0.587. The molecular formula is C22H24N4OS2. The molecule has 7 heteroatoms. The van der Waals surface area contributed by atoms with Gasteiger partial charge in [0.15, 0.2) is 0 Å². The highest BCUT2D eigenvalue weighted by atomic mass is 32.1. The van der Waals surface area contributed by atoms with Crippen molar-refractivity contribution >= 4 is 49.5 Å². The molecule has 1 atom stereocenters. The number of nitriles is 1. The van der Waals surface area contributed by atoms with Crippen LogP contribution in [0, 0.1) is 23.2 Å².